The average Bonchev–Trinajstić information content (AvgIpc) is 2.81. The second kappa shape index (κ2) is 4.55. The van der Waals surface area contributed by atoms with Crippen LogP contribution in [0.15, 0.2) is 10.6 Å². The summed E-state index contributed by atoms with van der Waals surface area (Å²) in [7, 11) is 0. The summed E-state index contributed by atoms with van der Waals surface area (Å²) in [4.78, 5) is 34.9. The van der Waals surface area contributed by atoms with Crippen LogP contribution in [0.3, 0.4) is 0 Å². The highest BCUT2D eigenvalue weighted by atomic mass is 32.2. The summed E-state index contributed by atoms with van der Waals surface area (Å²) in [6, 6.07) is 0. The summed E-state index contributed by atoms with van der Waals surface area (Å²) >= 11 is 0.971. The third kappa shape index (κ3) is 2.34. The lowest BCUT2D eigenvalue weighted by Crippen LogP contribution is -2.32. The number of rotatable bonds is 3. The van der Waals surface area contributed by atoms with Gasteiger partial charge < -0.3 is 10.0 Å². The Hall–Kier alpha value is -1.51. The summed E-state index contributed by atoms with van der Waals surface area (Å²) < 4.78 is 37.6. The fourth-order valence-electron chi connectivity index (χ4n) is 2.08. The van der Waals surface area contributed by atoms with Gasteiger partial charge in [0.15, 0.2) is 0 Å². The predicted molar refractivity (Wildman–Crippen MR) is 58.0 cm³/mol. The molecule has 0 aliphatic carbocycles. The van der Waals surface area contributed by atoms with Crippen LogP contribution in [0.1, 0.15) is 6.42 Å². The molecule has 19 heavy (non-hydrogen) atoms. The van der Waals surface area contributed by atoms with Crippen molar-refractivity contribution in [2.75, 3.05) is 12.3 Å². The molecule has 1 N–H and O–H groups in total. The number of carbonyl (C=O) groups is 3. The number of ketones is 1. The number of Topliss-reactive ketones (excluding diaryl/α,β-unsaturated/α-hetero) is 1. The maximum atomic E-state index is 12.5. The number of hydrogen-bond acceptors (Lipinski definition) is 4. The van der Waals surface area contributed by atoms with Crippen LogP contribution in [0.5, 0.6) is 0 Å². The van der Waals surface area contributed by atoms with Crippen LogP contribution in [-0.2, 0) is 14.4 Å². The standard InChI is InChI=1S/C10H8F3NO4S/c11-10(12,13)7(17)6-4(3-5(15)16)8(18)14-1-2-19-9(6)14/h4H,1-3H2,(H,15,16). The molecule has 1 fully saturated rings. The van der Waals surface area contributed by atoms with Gasteiger partial charge in [0.2, 0.25) is 5.91 Å². The van der Waals surface area contributed by atoms with Gasteiger partial charge in [0.25, 0.3) is 5.78 Å². The third-order valence-electron chi connectivity index (χ3n) is 2.82. The van der Waals surface area contributed by atoms with E-state index >= 15 is 0 Å². The van der Waals surface area contributed by atoms with Crippen LogP contribution in [-0.4, -0.2) is 46.1 Å². The van der Waals surface area contributed by atoms with Gasteiger partial charge in [-0.1, -0.05) is 0 Å². The molecule has 1 unspecified atom stereocenters. The van der Waals surface area contributed by atoms with Crippen LogP contribution in [0.4, 0.5) is 13.2 Å². The highest BCUT2D eigenvalue weighted by Gasteiger charge is 2.52. The largest absolute Gasteiger partial charge is 0.481 e. The summed E-state index contributed by atoms with van der Waals surface area (Å²) in [5.41, 5.74) is -0.720. The second-order valence-electron chi connectivity index (χ2n) is 4.03. The maximum absolute atomic E-state index is 12.5. The monoisotopic (exact) mass is 295 g/mol. The quantitative estimate of drug-likeness (QED) is 0.841. The molecule has 0 aromatic carbocycles. The van der Waals surface area contributed by atoms with Crippen molar-refractivity contribution in [3.05, 3.63) is 10.6 Å². The van der Waals surface area contributed by atoms with Crippen LogP contribution in [0, 0.1) is 5.92 Å². The van der Waals surface area contributed by atoms with Gasteiger partial charge >= 0.3 is 12.1 Å². The normalized spacial score (nSPS) is 23.0. The van der Waals surface area contributed by atoms with E-state index in [-0.39, 0.29) is 11.6 Å². The SMILES string of the molecule is O=C(O)CC1C(=O)N2CCSC2=C1C(=O)C(F)(F)F. The molecule has 1 amide bonds. The smallest absolute Gasteiger partial charge is 0.454 e. The Morgan fingerprint density at radius 1 is 1.42 bits per heavy atom. The molecular weight excluding hydrogens is 287 g/mol. The molecule has 2 heterocycles. The zero-order chi connectivity index (χ0) is 14.4. The van der Waals surface area contributed by atoms with Crippen molar-refractivity contribution in [2.24, 2.45) is 5.92 Å². The van der Waals surface area contributed by atoms with Crippen molar-refractivity contribution in [3.63, 3.8) is 0 Å². The lowest BCUT2D eigenvalue weighted by Gasteiger charge is -2.13. The topological polar surface area (TPSA) is 74.7 Å². The van der Waals surface area contributed by atoms with Crippen molar-refractivity contribution in [1.29, 1.82) is 0 Å². The second-order valence-corrected chi connectivity index (χ2v) is 5.12. The molecule has 0 spiro atoms. The van der Waals surface area contributed by atoms with Gasteiger partial charge in [-0.3, -0.25) is 14.4 Å². The van der Waals surface area contributed by atoms with E-state index in [1.54, 1.807) is 0 Å². The lowest BCUT2D eigenvalue weighted by atomic mass is 9.94. The zero-order valence-electron chi connectivity index (χ0n) is 9.36. The number of halogens is 3. The summed E-state index contributed by atoms with van der Waals surface area (Å²) in [6.07, 6.45) is -5.92. The first-order valence-electron chi connectivity index (χ1n) is 5.25. The van der Waals surface area contributed by atoms with Gasteiger partial charge in [-0.2, -0.15) is 13.2 Å². The van der Waals surface area contributed by atoms with Crippen LogP contribution in [0.2, 0.25) is 0 Å². The highest BCUT2D eigenvalue weighted by Crippen LogP contribution is 2.44. The molecule has 0 radical (unpaired) electrons. The number of hydrogen-bond donors (Lipinski definition) is 1. The fourth-order valence-corrected chi connectivity index (χ4v) is 3.27. The summed E-state index contributed by atoms with van der Waals surface area (Å²) in [5, 5.41) is 8.62. The molecule has 0 aromatic rings. The van der Waals surface area contributed by atoms with Crippen molar-refractivity contribution >= 4 is 29.4 Å². The Bertz CT molecular complexity index is 499. The number of nitrogens with zero attached hydrogens (tertiary/aromatic N) is 1. The lowest BCUT2D eigenvalue weighted by molar-refractivity contribution is -0.167. The number of fused-ring (bicyclic) bond motifs is 1. The number of alkyl halides is 3. The molecule has 0 saturated carbocycles. The van der Waals surface area contributed by atoms with E-state index in [1.165, 1.54) is 0 Å². The molecule has 1 saturated heterocycles. The Morgan fingerprint density at radius 3 is 2.58 bits per heavy atom. The minimum Gasteiger partial charge on any atom is -0.481 e. The van der Waals surface area contributed by atoms with E-state index in [9.17, 15) is 27.6 Å². The van der Waals surface area contributed by atoms with Crippen LogP contribution >= 0.6 is 11.8 Å². The van der Waals surface area contributed by atoms with E-state index in [0.717, 1.165) is 16.7 Å². The predicted octanol–water partition coefficient (Wildman–Crippen LogP) is 1.01. The summed E-state index contributed by atoms with van der Waals surface area (Å²) in [6.45, 7) is 0.198. The molecule has 0 aromatic heterocycles. The minimum absolute atomic E-state index is 0.0430. The number of carboxylic acid groups (broad SMARTS) is 1. The van der Waals surface area contributed by atoms with E-state index in [2.05, 4.69) is 0 Å². The van der Waals surface area contributed by atoms with Gasteiger partial charge in [0.05, 0.1) is 17.4 Å². The first-order valence-corrected chi connectivity index (χ1v) is 6.23. The van der Waals surface area contributed by atoms with E-state index in [4.69, 9.17) is 5.11 Å². The molecule has 5 nitrogen and oxygen atoms in total. The van der Waals surface area contributed by atoms with Gasteiger partial charge in [0, 0.05) is 17.9 Å². The molecule has 2 aliphatic rings. The number of thioether (sulfide) groups is 1. The molecule has 104 valence electrons. The Kier molecular flexibility index (Phi) is 3.33. The Balaban J connectivity index is 2.44. The molecule has 9 heteroatoms. The molecular formula is C10H8F3NO4S. The van der Waals surface area contributed by atoms with Crippen molar-refractivity contribution in [3.8, 4) is 0 Å². The van der Waals surface area contributed by atoms with E-state index in [1.807, 2.05) is 0 Å². The Labute approximate surface area is 109 Å². The average molecular weight is 295 g/mol. The van der Waals surface area contributed by atoms with Crippen LogP contribution < -0.4 is 0 Å². The minimum atomic E-state index is -5.11. The highest BCUT2D eigenvalue weighted by molar-refractivity contribution is 8.03. The van der Waals surface area contributed by atoms with Gasteiger partial charge in [-0.25, -0.2) is 0 Å². The van der Waals surface area contributed by atoms with Gasteiger partial charge in [0.1, 0.15) is 0 Å². The zero-order valence-corrected chi connectivity index (χ0v) is 10.2. The fraction of sp³-hybridized carbons (Fsp3) is 0.500. The number of amides is 1. The van der Waals surface area contributed by atoms with E-state index in [0.29, 0.717) is 5.75 Å². The van der Waals surface area contributed by atoms with E-state index < -0.39 is 41.7 Å². The van der Waals surface area contributed by atoms with Crippen molar-refractivity contribution in [2.45, 2.75) is 12.6 Å². The molecule has 1 atom stereocenters. The van der Waals surface area contributed by atoms with Gasteiger partial charge in [-0.05, 0) is 0 Å². The first-order chi connectivity index (χ1) is 8.73. The molecule has 2 aliphatic heterocycles. The summed E-state index contributed by atoms with van der Waals surface area (Å²) in [5.74, 6) is -5.42. The molecule has 0 bridgehead atoms. The van der Waals surface area contributed by atoms with Crippen LogP contribution in [0.25, 0.3) is 0 Å². The molecule has 2 rings (SSSR count). The van der Waals surface area contributed by atoms with Crippen molar-refractivity contribution in [1.82, 2.24) is 4.90 Å². The first kappa shape index (κ1) is 13.9. The van der Waals surface area contributed by atoms with Crippen molar-refractivity contribution < 1.29 is 32.7 Å². The number of carbonyl (C=O) groups excluding carboxylic acids is 2. The van der Waals surface area contributed by atoms with Gasteiger partial charge in [-0.15, -0.1) is 11.8 Å². The number of aliphatic carboxylic acids is 1. The maximum Gasteiger partial charge on any atom is 0.454 e. The number of carboxylic acids is 1. The Morgan fingerprint density at radius 2 is 2.05 bits per heavy atom. The third-order valence-corrected chi connectivity index (χ3v) is 3.92.